The topological polar surface area (TPSA) is 80.2 Å². The van der Waals surface area contributed by atoms with Crippen molar-refractivity contribution in [2.45, 2.75) is 37.7 Å². The van der Waals surface area contributed by atoms with E-state index < -0.39 is 5.60 Å². The van der Waals surface area contributed by atoms with Crippen LogP contribution >= 0.6 is 0 Å². The van der Waals surface area contributed by atoms with Gasteiger partial charge >= 0.3 is 0 Å². The monoisotopic (exact) mass is 363 g/mol. The van der Waals surface area contributed by atoms with Crippen molar-refractivity contribution >= 4 is 22.4 Å². The molecule has 3 aromatic heterocycles. The smallest absolute Gasteiger partial charge is 0.242 e. The van der Waals surface area contributed by atoms with Crippen molar-refractivity contribution < 1.29 is 14.8 Å². The van der Waals surface area contributed by atoms with E-state index in [2.05, 4.69) is 10.3 Å². The molecule has 5 rings (SSSR count). The van der Waals surface area contributed by atoms with Gasteiger partial charge in [0, 0.05) is 17.9 Å². The van der Waals surface area contributed by atoms with Gasteiger partial charge in [-0.15, -0.1) is 5.10 Å². The minimum Gasteiger partial charge on any atom is -0.454 e. The molecule has 6 heteroatoms. The SMILES string of the molecule is OC1(CC[NH2+]c2ccc3ncc(-c4cc5ccccc5o4)n3n2)CCCC1. The first-order valence-electron chi connectivity index (χ1n) is 9.60. The standard InChI is InChI=1S/C21H22N4O2/c26-21(9-3-4-10-21)11-12-22-19-7-8-20-23-14-16(25(20)24-19)18-13-15-5-1-2-6-17(15)27-18/h1-2,5-8,13-14,26H,3-4,9-12H2,(H,22,24)/p+1. The van der Waals surface area contributed by atoms with Gasteiger partial charge in [0.05, 0.1) is 18.3 Å². The number of hydrogen-bond donors (Lipinski definition) is 2. The summed E-state index contributed by atoms with van der Waals surface area (Å²) in [5, 5.41) is 18.4. The number of aromatic nitrogens is 3. The summed E-state index contributed by atoms with van der Waals surface area (Å²) in [4.78, 5) is 4.45. The van der Waals surface area contributed by atoms with Gasteiger partial charge in [-0.2, -0.15) is 0 Å². The van der Waals surface area contributed by atoms with Gasteiger partial charge in [0.25, 0.3) is 0 Å². The maximum Gasteiger partial charge on any atom is 0.242 e. The van der Waals surface area contributed by atoms with Gasteiger partial charge < -0.3 is 9.52 Å². The average molecular weight is 363 g/mol. The van der Waals surface area contributed by atoms with Crippen LogP contribution in [0.4, 0.5) is 5.82 Å². The second kappa shape index (κ2) is 6.48. The summed E-state index contributed by atoms with van der Waals surface area (Å²) in [5.41, 5.74) is 2.01. The third kappa shape index (κ3) is 3.11. The highest BCUT2D eigenvalue weighted by molar-refractivity contribution is 5.82. The van der Waals surface area contributed by atoms with E-state index in [9.17, 15) is 5.11 Å². The number of nitrogens with zero attached hydrogens (tertiary/aromatic N) is 3. The summed E-state index contributed by atoms with van der Waals surface area (Å²) >= 11 is 0. The molecule has 1 saturated carbocycles. The maximum absolute atomic E-state index is 10.5. The molecule has 4 aromatic rings. The Morgan fingerprint density at radius 3 is 2.85 bits per heavy atom. The average Bonchev–Trinajstić information content (AvgIpc) is 3.38. The van der Waals surface area contributed by atoms with Gasteiger partial charge in [0.2, 0.25) is 5.82 Å². The van der Waals surface area contributed by atoms with Gasteiger partial charge in [0.15, 0.2) is 11.4 Å². The van der Waals surface area contributed by atoms with Crippen LogP contribution in [0.5, 0.6) is 0 Å². The van der Waals surface area contributed by atoms with E-state index in [0.717, 1.165) is 72.5 Å². The lowest BCUT2D eigenvalue weighted by Crippen LogP contribution is -2.79. The summed E-state index contributed by atoms with van der Waals surface area (Å²) in [5.74, 6) is 1.65. The number of quaternary nitrogens is 1. The summed E-state index contributed by atoms with van der Waals surface area (Å²) in [6.45, 7) is 0.823. The van der Waals surface area contributed by atoms with Gasteiger partial charge in [0.1, 0.15) is 11.3 Å². The van der Waals surface area contributed by atoms with E-state index in [1.54, 1.807) is 6.20 Å². The molecule has 0 atom stereocenters. The Labute approximate surface area is 156 Å². The Morgan fingerprint density at radius 2 is 2.00 bits per heavy atom. The Balaban J connectivity index is 1.40. The lowest BCUT2D eigenvalue weighted by molar-refractivity contribution is -0.578. The molecule has 0 spiro atoms. The molecule has 138 valence electrons. The van der Waals surface area contributed by atoms with Crippen molar-refractivity contribution in [2.75, 3.05) is 6.54 Å². The maximum atomic E-state index is 10.5. The molecule has 0 bridgehead atoms. The van der Waals surface area contributed by atoms with E-state index in [-0.39, 0.29) is 0 Å². The summed E-state index contributed by atoms with van der Waals surface area (Å²) in [6.07, 6.45) is 6.71. The third-order valence-corrected chi connectivity index (χ3v) is 5.56. The predicted molar refractivity (Wildman–Crippen MR) is 103 cm³/mol. The van der Waals surface area contributed by atoms with Crippen molar-refractivity contribution in [3.05, 3.63) is 48.7 Å². The fraction of sp³-hybridized carbons (Fsp3) is 0.333. The minimum absolute atomic E-state index is 0.477. The summed E-state index contributed by atoms with van der Waals surface area (Å²) in [6, 6.07) is 13.9. The van der Waals surface area contributed by atoms with Crippen LogP contribution in [0.2, 0.25) is 0 Å². The van der Waals surface area contributed by atoms with Gasteiger partial charge in [-0.05, 0) is 31.0 Å². The molecule has 0 aliphatic heterocycles. The van der Waals surface area contributed by atoms with Crippen molar-refractivity contribution in [3.63, 3.8) is 0 Å². The number of nitrogens with two attached hydrogens (primary N) is 1. The fourth-order valence-corrected chi connectivity index (χ4v) is 4.04. The van der Waals surface area contributed by atoms with Crippen LogP contribution in [0, 0.1) is 0 Å². The molecule has 1 aliphatic carbocycles. The zero-order chi connectivity index (χ0) is 18.3. The molecule has 0 unspecified atom stereocenters. The number of rotatable bonds is 5. The van der Waals surface area contributed by atoms with Crippen LogP contribution in [-0.4, -0.2) is 31.9 Å². The molecular weight excluding hydrogens is 340 g/mol. The molecule has 6 nitrogen and oxygen atoms in total. The number of imidazole rings is 1. The van der Waals surface area contributed by atoms with Crippen LogP contribution in [0.1, 0.15) is 32.1 Å². The van der Waals surface area contributed by atoms with Crippen molar-refractivity contribution in [2.24, 2.45) is 0 Å². The fourth-order valence-electron chi connectivity index (χ4n) is 4.04. The Morgan fingerprint density at radius 1 is 1.15 bits per heavy atom. The number of hydrogen-bond acceptors (Lipinski definition) is 4. The van der Waals surface area contributed by atoms with Crippen LogP contribution in [0.25, 0.3) is 28.1 Å². The lowest BCUT2D eigenvalue weighted by Gasteiger charge is -2.20. The van der Waals surface area contributed by atoms with E-state index in [1.165, 1.54) is 0 Å². The van der Waals surface area contributed by atoms with E-state index in [0.29, 0.717) is 0 Å². The van der Waals surface area contributed by atoms with Crippen LogP contribution in [0.3, 0.4) is 0 Å². The largest absolute Gasteiger partial charge is 0.454 e. The molecule has 3 heterocycles. The second-order valence-corrected chi connectivity index (χ2v) is 7.49. The van der Waals surface area contributed by atoms with Gasteiger partial charge in [-0.25, -0.2) is 9.50 Å². The van der Waals surface area contributed by atoms with Crippen molar-refractivity contribution in [1.29, 1.82) is 0 Å². The molecule has 0 radical (unpaired) electrons. The highest BCUT2D eigenvalue weighted by Gasteiger charge is 2.31. The normalized spacial score (nSPS) is 16.5. The molecule has 0 saturated heterocycles. The zero-order valence-corrected chi connectivity index (χ0v) is 15.1. The Bertz CT molecular complexity index is 1060. The van der Waals surface area contributed by atoms with Gasteiger partial charge in [-0.3, -0.25) is 5.32 Å². The van der Waals surface area contributed by atoms with Crippen LogP contribution < -0.4 is 5.32 Å². The number of aliphatic hydroxyl groups is 1. The molecule has 0 amide bonds. The quantitative estimate of drug-likeness (QED) is 0.571. The number of para-hydroxylation sites is 1. The third-order valence-electron chi connectivity index (χ3n) is 5.56. The summed E-state index contributed by atoms with van der Waals surface area (Å²) < 4.78 is 7.81. The number of fused-ring (bicyclic) bond motifs is 2. The highest BCUT2D eigenvalue weighted by Crippen LogP contribution is 2.31. The first-order chi connectivity index (χ1) is 13.2. The molecular formula is C21H23N4O2+. The number of benzene rings is 1. The molecule has 27 heavy (non-hydrogen) atoms. The van der Waals surface area contributed by atoms with E-state index >= 15 is 0 Å². The number of furan rings is 1. The molecule has 1 fully saturated rings. The Kier molecular flexibility index (Phi) is 3.95. The molecule has 3 N–H and O–H groups in total. The lowest BCUT2D eigenvalue weighted by atomic mass is 9.98. The van der Waals surface area contributed by atoms with Gasteiger partial charge in [-0.1, -0.05) is 31.0 Å². The first kappa shape index (κ1) is 16.5. The molecule has 1 aromatic carbocycles. The predicted octanol–water partition coefficient (Wildman–Crippen LogP) is 3.03. The minimum atomic E-state index is -0.477. The summed E-state index contributed by atoms with van der Waals surface area (Å²) in [7, 11) is 0. The zero-order valence-electron chi connectivity index (χ0n) is 15.1. The Hall–Kier alpha value is -2.70. The van der Waals surface area contributed by atoms with E-state index in [4.69, 9.17) is 9.52 Å². The van der Waals surface area contributed by atoms with E-state index in [1.807, 2.05) is 47.0 Å². The second-order valence-electron chi connectivity index (χ2n) is 7.49. The highest BCUT2D eigenvalue weighted by atomic mass is 16.3. The molecule has 1 aliphatic rings. The first-order valence-corrected chi connectivity index (χ1v) is 9.60. The van der Waals surface area contributed by atoms with Crippen molar-refractivity contribution in [3.8, 4) is 11.5 Å². The van der Waals surface area contributed by atoms with Crippen LogP contribution in [-0.2, 0) is 0 Å². The van der Waals surface area contributed by atoms with Crippen molar-refractivity contribution in [1.82, 2.24) is 14.6 Å². The van der Waals surface area contributed by atoms with Crippen LogP contribution in [0.15, 0.2) is 53.1 Å².